The van der Waals surface area contributed by atoms with Crippen LogP contribution in [-0.2, 0) is 25.4 Å². The molecule has 11 nitrogen and oxygen atoms in total. The second-order valence-corrected chi connectivity index (χ2v) is 12.0. The van der Waals surface area contributed by atoms with Crippen LogP contribution < -0.4 is 21.3 Å². The number of amides is 3. The van der Waals surface area contributed by atoms with E-state index in [2.05, 4.69) is 20.9 Å². The molecule has 0 unspecified atom stereocenters. The largest absolute Gasteiger partial charge is 0.448 e. The first-order valence-corrected chi connectivity index (χ1v) is 15.9. The third kappa shape index (κ3) is 12.1. The molecule has 4 rings (SSSR count). The zero-order valence-corrected chi connectivity index (χ0v) is 27.6. The zero-order chi connectivity index (χ0) is 37.1. The number of alkyl carbamates (subject to hydrolysis) is 2. The summed E-state index contributed by atoms with van der Waals surface area (Å²) >= 11 is 0. The number of halogens is 6. The van der Waals surface area contributed by atoms with Crippen molar-refractivity contribution in [1.29, 1.82) is 0 Å². The number of pyridine rings is 1. The highest BCUT2D eigenvalue weighted by atomic mass is 19.4. The molecule has 51 heavy (non-hydrogen) atoms. The Hall–Kier alpha value is -4.90. The van der Waals surface area contributed by atoms with Gasteiger partial charge in [0.25, 0.3) is 0 Å². The van der Waals surface area contributed by atoms with Gasteiger partial charge < -0.3 is 35.5 Å². The van der Waals surface area contributed by atoms with Crippen LogP contribution in [0.25, 0.3) is 0 Å². The van der Waals surface area contributed by atoms with E-state index >= 15 is 4.39 Å². The molecular formula is C34H37F6N5O6. The van der Waals surface area contributed by atoms with Crippen molar-refractivity contribution in [1.82, 2.24) is 20.9 Å². The summed E-state index contributed by atoms with van der Waals surface area (Å²) in [5.74, 6) is -3.61. The smallest absolute Gasteiger partial charge is 0.408 e. The number of morpholine rings is 1. The first kappa shape index (κ1) is 38.9. The number of ether oxygens (including phenoxy) is 3. The standard InChI is InChI=1S/C34H37F6N5O6/c1-19(2)51-33(48)45-30(29(20-3-7-22(35)8-4-20)21-5-9-23(36)10-6-21)31(46)44-28-15-41-14-27(37)26(28)12-11-25-13-42-24(16-49-25)17-50-32(47)43-18-34(38,39)40/h3-10,14-15,19,24-25,29-30,42H,11-13,16-18H2,1-2H3,(H,43,47)(H,44,46)(H,45,48)/t24-,25+,30-/m0/s1. The maximum absolute atomic E-state index is 15.2. The van der Waals surface area contributed by atoms with Crippen molar-refractivity contribution in [3.05, 3.63) is 95.1 Å². The van der Waals surface area contributed by atoms with Crippen LogP contribution in [0.3, 0.4) is 0 Å². The van der Waals surface area contributed by atoms with E-state index in [0.29, 0.717) is 11.1 Å². The van der Waals surface area contributed by atoms with Crippen molar-refractivity contribution in [2.45, 2.75) is 63.1 Å². The first-order valence-electron chi connectivity index (χ1n) is 15.9. The molecule has 1 aliphatic rings. The lowest BCUT2D eigenvalue weighted by Crippen LogP contribution is -2.49. The fraction of sp³-hybridized carbons (Fsp3) is 0.412. The molecule has 0 radical (unpaired) electrons. The molecule has 0 bridgehead atoms. The minimum absolute atomic E-state index is 0.000837. The Morgan fingerprint density at radius 2 is 1.59 bits per heavy atom. The number of hydrogen-bond donors (Lipinski definition) is 4. The molecule has 1 aromatic heterocycles. The van der Waals surface area contributed by atoms with Gasteiger partial charge in [0.1, 0.15) is 36.6 Å². The summed E-state index contributed by atoms with van der Waals surface area (Å²) in [6, 6.07) is 8.47. The van der Waals surface area contributed by atoms with E-state index in [-0.39, 0.29) is 43.9 Å². The summed E-state index contributed by atoms with van der Waals surface area (Å²) < 4.78 is 95.6. The number of carbonyl (C=O) groups excluding carboxylic acids is 3. The third-order valence-electron chi connectivity index (χ3n) is 7.69. The molecule has 4 N–H and O–H groups in total. The molecule has 2 aromatic carbocycles. The Balaban J connectivity index is 1.47. The fourth-order valence-electron chi connectivity index (χ4n) is 5.29. The lowest BCUT2D eigenvalue weighted by atomic mass is 9.84. The van der Waals surface area contributed by atoms with E-state index in [1.807, 2.05) is 0 Å². The normalized spacial score (nSPS) is 16.7. The second-order valence-electron chi connectivity index (χ2n) is 12.0. The van der Waals surface area contributed by atoms with Crippen LogP contribution in [0, 0.1) is 17.5 Å². The summed E-state index contributed by atoms with van der Waals surface area (Å²) in [4.78, 5) is 42.3. The van der Waals surface area contributed by atoms with Crippen LogP contribution in [0.5, 0.6) is 0 Å². The number of nitrogens with one attached hydrogen (secondary N) is 4. The molecule has 17 heteroatoms. The van der Waals surface area contributed by atoms with Gasteiger partial charge in [0.2, 0.25) is 5.91 Å². The van der Waals surface area contributed by atoms with Gasteiger partial charge in [-0.3, -0.25) is 9.78 Å². The summed E-state index contributed by atoms with van der Waals surface area (Å²) in [5, 5.41) is 9.88. The third-order valence-corrected chi connectivity index (χ3v) is 7.69. The number of aromatic nitrogens is 1. The Morgan fingerprint density at radius 1 is 0.961 bits per heavy atom. The average Bonchev–Trinajstić information content (AvgIpc) is 3.07. The minimum atomic E-state index is -4.58. The van der Waals surface area contributed by atoms with Crippen LogP contribution in [0.1, 0.15) is 42.9 Å². The van der Waals surface area contributed by atoms with E-state index in [0.717, 1.165) is 6.20 Å². The number of hydrogen-bond acceptors (Lipinski definition) is 8. The van der Waals surface area contributed by atoms with Gasteiger partial charge in [0.15, 0.2) is 0 Å². The molecular weight excluding hydrogens is 688 g/mol. The van der Waals surface area contributed by atoms with Gasteiger partial charge in [-0.1, -0.05) is 24.3 Å². The molecule has 0 aliphatic carbocycles. The van der Waals surface area contributed by atoms with Crippen LogP contribution in [0.2, 0.25) is 0 Å². The topological polar surface area (TPSA) is 140 Å². The van der Waals surface area contributed by atoms with E-state index < -0.39 is 78.5 Å². The van der Waals surface area contributed by atoms with Crippen molar-refractivity contribution in [2.24, 2.45) is 0 Å². The first-order chi connectivity index (χ1) is 24.2. The summed E-state index contributed by atoms with van der Waals surface area (Å²) in [5.41, 5.74) is 0.884. The van der Waals surface area contributed by atoms with Gasteiger partial charge in [0, 0.05) is 18.0 Å². The fourth-order valence-corrected chi connectivity index (χ4v) is 5.29. The van der Waals surface area contributed by atoms with Crippen LogP contribution >= 0.6 is 0 Å². The minimum Gasteiger partial charge on any atom is -0.448 e. The van der Waals surface area contributed by atoms with Gasteiger partial charge in [-0.15, -0.1) is 0 Å². The number of nitrogens with zero attached hydrogens (tertiary/aromatic N) is 1. The van der Waals surface area contributed by atoms with Gasteiger partial charge in [0.05, 0.1) is 42.9 Å². The SMILES string of the molecule is CC(C)OC(=O)N[C@H](C(=O)Nc1cncc(F)c1CC[C@@H]1CN[C@H](COC(=O)NCC(F)(F)F)CO1)C(c1ccc(F)cc1)c1ccc(F)cc1. The molecule has 1 saturated heterocycles. The van der Waals surface area contributed by atoms with Crippen molar-refractivity contribution < 1.29 is 54.9 Å². The number of carbonyl (C=O) groups is 3. The highest BCUT2D eigenvalue weighted by molar-refractivity contribution is 5.98. The van der Waals surface area contributed by atoms with Crippen molar-refractivity contribution >= 4 is 23.8 Å². The maximum atomic E-state index is 15.2. The maximum Gasteiger partial charge on any atom is 0.408 e. The van der Waals surface area contributed by atoms with Crippen molar-refractivity contribution in [2.75, 3.05) is 31.6 Å². The highest BCUT2D eigenvalue weighted by Crippen LogP contribution is 2.31. The van der Waals surface area contributed by atoms with E-state index in [1.54, 1.807) is 19.2 Å². The van der Waals surface area contributed by atoms with Gasteiger partial charge in [-0.25, -0.2) is 22.8 Å². The molecule has 1 fully saturated rings. The molecule has 3 aromatic rings. The second kappa shape index (κ2) is 17.8. The number of benzene rings is 2. The number of alkyl halides is 3. The Morgan fingerprint density at radius 3 is 2.14 bits per heavy atom. The quantitative estimate of drug-likeness (QED) is 0.173. The molecule has 3 amide bonds. The van der Waals surface area contributed by atoms with Crippen LogP contribution in [0.4, 0.5) is 41.6 Å². The predicted molar refractivity (Wildman–Crippen MR) is 171 cm³/mol. The highest BCUT2D eigenvalue weighted by Gasteiger charge is 2.34. The summed E-state index contributed by atoms with van der Waals surface area (Å²) in [7, 11) is 0. The van der Waals surface area contributed by atoms with Crippen LogP contribution in [-0.4, -0.2) is 79.8 Å². The van der Waals surface area contributed by atoms with E-state index in [9.17, 15) is 36.3 Å². The Kier molecular flexibility index (Phi) is 13.6. The van der Waals surface area contributed by atoms with Gasteiger partial charge >= 0.3 is 18.4 Å². The predicted octanol–water partition coefficient (Wildman–Crippen LogP) is 5.35. The molecule has 3 atom stereocenters. The van der Waals surface area contributed by atoms with E-state index in [4.69, 9.17) is 14.2 Å². The van der Waals surface area contributed by atoms with Crippen molar-refractivity contribution in [3.63, 3.8) is 0 Å². The molecule has 1 aliphatic heterocycles. The monoisotopic (exact) mass is 725 g/mol. The molecule has 0 saturated carbocycles. The zero-order valence-electron chi connectivity index (χ0n) is 27.6. The lowest BCUT2D eigenvalue weighted by molar-refractivity contribution is -0.124. The number of anilines is 1. The number of rotatable bonds is 13. The van der Waals surface area contributed by atoms with Crippen molar-refractivity contribution in [3.8, 4) is 0 Å². The van der Waals surface area contributed by atoms with E-state index in [1.165, 1.54) is 54.7 Å². The molecule has 0 spiro atoms. The Bertz CT molecular complexity index is 1570. The van der Waals surface area contributed by atoms with Gasteiger partial charge in [-0.05, 0) is 62.1 Å². The summed E-state index contributed by atoms with van der Waals surface area (Å²) in [6.45, 7) is 1.74. The van der Waals surface area contributed by atoms with Crippen LogP contribution in [0.15, 0.2) is 60.9 Å². The average molecular weight is 726 g/mol. The molecule has 2 heterocycles. The summed E-state index contributed by atoms with van der Waals surface area (Å²) in [6.07, 6.45) is -5.22. The lowest BCUT2D eigenvalue weighted by Gasteiger charge is -2.30. The molecule has 276 valence electrons. The Labute approximate surface area is 289 Å². The van der Waals surface area contributed by atoms with Gasteiger partial charge in [-0.2, -0.15) is 13.2 Å².